The van der Waals surface area contributed by atoms with Crippen molar-refractivity contribution in [2.24, 2.45) is 0 Å². The molecule has 1 N–H and O–H groups in total. The molecule has 0 saturated heterocycles. The van der Waals surface area contributed by atoms with Crippen LogP contribution in [0, 0.1) is 13.8 Å². The van der Waals surface area contributed by atoms with E-state index in [4.69, 9.17) is 4.74 Å². The summed E-state index contributed by atoms with van der Waals surface area (Å²) in [6.45, 7) is 6.59. The predicted octanol–water partition coefficient (Wildman–Crippen LogP) is 2.83. The van der Waals surface area contributed by atoms with E-state index in [0.717, 1.165) is 30.6 Å². The minimum absolute atomic E-state index is 0.640. The van der Waals surface area contributed by atoms with Gasteiger partial charge in [-0.3, -0.25) is 4.68 Å². The van der Waals surface area contributed by atoms with Crippen molar-refractivity contribution in [2.75, 3.05) is 6.61 Å². The van der Waals surface area contributed by atoms with Crippen molar-refractivity contribution in [1.29, 1.82) is 0 Å². The topological polar surface area (TPSA) is 39.1 Å². The SMILES string of the molecule is Cc1nn(CCOc2ccccc2)c(C)c1CNC1CC1. The molecule has 1 fully saturated rings. The van der Waals surface area contributed by atoms with Crippen molar-refractivity contribution in [3.63, 3.8) is 0 Å². The molecule has 0 amide bonds. The number of hydrogen-bond donors (Lipinski definition) is 1. The molecule has 0 spiro atoms. The summed E-state index contributed by atoms with van der Waals surface area (Å²) in [7, 11) is 0. The average molecular weight is 285 g/mol. The second kappa shape index (κ2) is 6.31. The number of nitrogens with zero attached hydrogens (tertiary/aromatic N) is 2. The van der Waals surface area contributed by atoms with Gasteiger partial charge in [-0.05, 0) is 38.8 Å². The lowest BCUT2D eigenvalue weighted by atomic mass is 10.2. The molecule has 1 aliphatic carbocycles. The van der Waals surface area contributed by atoms with Crippen molar-refractivity contribution in [3.8, 4) is 5.75 Å². The quantitative estimate of drug-likeness (QED) is 0.850. The second-order valence-electron chi connectivity index (χ2n) is 5.69. The van der Waals surface area contributed by atoms with Gasteiger partial charge < -0.3 is 10.1 Å². The van der Waals surface area contributed by atoms with Gasteiger partial charge in [-0.1, -0.05) is 18.2 Å². The molecule has 1 saturated carbocycles. The zero-order valence-corrected chi connectivity index (χ0v) is 12.8. The van der Waals surface area contributed by atoms with E-state index < -0.39 is 0 Å². The molecule has 2 aromatic rings. The first-order valence-electron chi connectivity index (χ1n) is 7.68. The Morgan fingerprint density at radius 1 is 1.24 bits per heavy atom. The summed E-state index contributed by atoms with van der Waals surface area (Å²) in [5.74, 6) is 0.912. The van der Waals surface area contributed by atoms with E-state index in [9.17, 15) is 0 Å². The Bertz CT molecular complexity index is 588. The third-order valence-corrected chi connectivity index (χ3v) is 3.99. The van der Waals surface area contributed by atoms with Crippen LogP contribution in [0.3, 0.4) is 0 Å². The minimum Gasteiger partial charge on any atom is -0.492 e. The fraction of sp³-hybridized carbons (Fsp3) is 0.471. The standard InChI is InChI=1S/C17H23N3O/c1-13-17(12-18-15-8-9-15)14(2)20(19-13)10-11-21-16-6-4-3-5-7-16/h3-7,15,18H,8-12H2,1-2H3. The molecule has 1 heterocycles. The van der Waals surface area contributed by atoms with Crippen molar-refractivity contribution in [3.05, 3.63) is 47.3 Å². The number of hydrogen-bond acceptors (Lipinski definition) is 3. The molecular weight excluding hydrogens is 262 g/mol. The first-order valence-corrected chi connectivity index (χ1v) is 7.68. The molecule has 4 heteroatoms. The van der Waals surface area contributed by atoms with E-state index in [1.807, 2.05) is 30.3 Å². The molecule has 0 radical (unpaired) electrons. The molecule has 1 aromatic carbocycles. The van der Waals surface area contributed by atoms with Gasteiger partial charge in [-0.2, -0.15) is 5.10 Å². The number of nitrogens with one attached hydrogen (secondary N) is 1. The van der Waals surface area contributed by atoms with Crippen molar-refractivity contribution < 1.29 is 4.74 Å². The highest BCUT2D eigenvalue weighted by atomic mass is 16.5. The van der Waals surface area contributed by atoms with Gasteiger partial charge in [0.2, 0.25) is 0 Å². The Labute approximate surface area is 126 Å². The Balaban J connectivity index is 1.56. The lowest BCUT2D eigenvalue weighted by Crippen LogP contribution is -2.16. The van der Waals surface area contributed by atoms with Gasteiger partial charge in [-0.25, -0.2) is 0 Å². The van der Waals surface area contributed by atoms with E-state index >= 15 is 0 Å². The maximum Gasteiger partial charge on any atom is 0.119 e. The molecule has 21 heavy (non-hydrogen) atoms. The zero-order chi connectivity index (χ0) is 14.7. The predicted molar refractivity (Wildman–Crippen MR) is 83.5 cm³/mol. The van der Waals surface area contributed by atoms with Crippen LogP contribution >= 0.6 is 0 Å². The Hall–Kier alpha value is -1.81. The monoisotopic (exact) mass is 285 g/mol. The zero-order valence-electron chi connectivity index (χ0n) is 12.8. The molecular formula is C17H23N3O. The molecule has 0 aliphatic heterocycles. The fourth-order valence-corrected chi connectivity index (χ4v) is 2.51. The highest BCUT2D eigenvalue weighted by Crippen LogP contribution is 2.21. The minimum atomic E-state index is 0.640. The molecule has 1 aromatic heterocycles. The smallest absolute Gasteiger partial charge is 0.119 e. The molecule has 0 atom stereocenters. The first kappa shape index (κ1) is 14.1. The maximum atomic E-state index is 5.75. The molecule has 0 bridgehead atoms. The number of aryl methyl sites for hydroxylation is 1. The van der Waals surface area contributed by atoms with Gasteiger partial charge in [0.1, 0.15) is 12.4 Å². The van der Waals surface area contributed by atoms with Gasteiger partial charge in [0.15, 0.2) is 0 Å². The van der Waals surface area contributed by atoms with Crippen molar-refractivity contribution in [1.82, 2.24) is 15.1 Å². The van der Waals surface area contributed by atoms with Crippen LogP contribution in [0.15, 0.2) is 30.3 Å². The molecule has 0 unspecified atom stereocenters. The van der Waals surface area contributed by atoms with Crippen LogP contribution in [0.2, 0.25) is 0 Å². The van der Waals surface area contributed by atoms with Crippen LogP contribution in [0.1, 0.15) is 29.8 Å². The summed E-state index contributed by atoms with van der Waals surface area (Å²) >= 11 is 0. The van der Waals surface area contributed by atoms with Crippen LogP contribution < -0.4 is 10.1 Å². The summed E-state index contributed by atoms with van der Waals surface area (Å²) in [5.41, 5.74) is 3.71. The lowest BCUT2D eigenvalue weighted by molar-refractivity contribution is 0.289. The number of para-hydroxylation sites is 1. The summed E-state index contributed by atoms with van der Waals surface area (Å²) in [6, 6.07) is 10.7. The largest absolute Gasteiger partial charge is 0.492 e. The van der Waals surface area contributed by atoms with Crippen LogP contribution in [0.4, 0.5) is 0 Å². The molecule has 1 aliphatic rings. The lowest BCUT2D eigenvalue weighted by Gasteiger charge is -2.08. The number of aromatic nitrogens is 2. The summed E-state index contributed by atoms with van der Waals surface area (Å²) in [5, 5.41) is 8.20. The van der Waals surface area contributed by atoms with Gasteiger partial charge in [0.25, 0.3) is 0 Å². The summed E-state index contributed by atoms with van der Waals surface area (Å²) in [6.07, 6.45) is 2.63. The van der Waals surface area contributed by atoms with Gasteiger partial charge in [-0.15, -0.1) is 0 Å². The maximum absolute atomic E-state index is 5.75. The number of rotatable bonds is 7. The summed E-state index contributed by atoms with van der Waals surface area (Å²) < 4.78 is 7.80. The average Bonchev–Trinajstić information content (AvgIpc) is 3.27. The molecule has 3 rings (SSSR count). The third kappa shape index (κ3) is 3.64. The second-order valence-corrected chi connectivity index (χ2v) is 5.69. The van der Waals surface area contributed by atoms with Gasteiger partial charge in [0, 0.05) is 23.8 Å². The summed E-state index contributed by atoms with van der Waals surface area (Å²) in [4.78, 5) is 0. The van der Waals surface area contributed by atoms with Crippen LogP contribution in [-0.4, -0.2) is 22.4 Å². The Morgan fingerprint density at radius 2 is 2.00 bits per heavy atom. The normalized spacial score (nSPS) is 14.4. The first-order chi connectivity index (χ1) is 10.2. The Morgan fingerprint density at radius 3 is 2.71 bits per heavy atom. The number of benzene rings is 1. The Kier molecular flexibility index (Phi) is 4.25. The van der Waals surface area contributed by atoms with E-state index in [-0.39, 0.29) is 0 Å². The van der Waals surface area contributed by atoms with Gasteiger partial charge in [0.05, 0.1) is 12.2 Å². The van der Waals surface area contributed by atoms with Crippen molar-refractivity contribution >= 4 is 0 Å². The van der Waals surface area contributed by atoms with Crippen LogP contribution in [0.25, 0.3) is 0 Å². The van der Waals surface area contributed by atoms with E-state index in [2.05, 4.69) is 28.9 Å². The third-order valence-electron chi connectivity index (χ3n) is 3.99. The van der Waals surface area contributed by atoms with Crippen LogP contribution in [0.5, 0.6) is 5.75 Å². The van der Waals surface area contributed by atoms with E-state index in [1.54, 1.807) is 0 Å². The van der Waals surface area contributed by atoms with E-state index in [1.165, 1.54) is 24.1 Å². The van der Waals surface area contributed by atoms with Gasteiger partial charge >= 0.3 is 0 Å². The highest BCUT2D eigenvalue weighted by Gasteiger charge is 2.21. The fourth-order valence-electron chi connectivity index (χ4n) is 2.51. The number of ether oxygens (including phenoxy) is 1. The van der Waals surface area contributed by atoms with Crippen LogP contribution in [-0.2, 0) is 13.1 Å². The molecule has 4 nitrogen and oxygen atoms in total. The van der Waals surface area contributed by atoms with Crippen molar-refractivity contribution in [2.45, 2.75) is 45.8 Å². The molecule has 112 valence electrons. The highest BCUT2D eigenvalue weighted by molar-refractivity contribution is 5.24. The van der Waals surface area contributed by atoms with E-state index in [0.29, 0.717) is 6.61 Å².